The van der Waals surface area contributed by atoms with Crippen LogP contribution in [0.2, 0.25) is 0 Å². The maximum absolute atomic E-state index is 11.1. The van der Waals surface area contributed by atoms with Gasteiger partial charge in [-0.25, -0.2) is 5.84 Å². The zero-order chi connectivity index (χ0) is 13.0. The van der Waals surface area contributed by atoms with Crippen molar-refractivity contribution in [2.24, 2.45) is 5.84 Å². The molecule has 0 aliphatic heterocycles. The number of amides is 1. The molecule has 1 amide bonds. The number of nitro groups is 1. The van der Waals surface area contributed by atoms with Gasteiger partial charge in [0, 0.05) is 6.07 Å². The number of ether oxygens (including phenoxy) is 1. The van der Waals surface area contributed by atoms with E-state index >= 15 is 0 Å². The molecule has 3 N–H and O–H groups in total. The molecule has 0 fully saturated rings. The van der Waals surface area contributed by atoms with E-state index in [9.17, 15) is 14.9 Å². The average Bonchev–Trinajstić information content (AvgIpc) is 2.30. The molecule has 0 aliphatic rings. The Labute approximate surface area is 105 Å². The van der Waals surface area contributed by atoms with E-state index in [1.165, 1.54) is 25.1 Å². The fourth-order valence-electron chi connectivity index (χ4n) is 1.06. The van der Waals surface area contributed by atoms with Crippen molar-refractivity contribution < 1.29 is 14.5 Å². The molecule has 1 atom stereocenters. The Morgan fingerprint density at radius 2 is 2.29 bits per heavy atom. The number of nitrogens with zero attached hydrogens (tertiary/aromatic N) is 1. The lowest BCUT2D eigenvalue weighted by Gasteiger charge is -2.13. The minimum absolute atomic E-state index is 0.122. The topological polar surface area (TPSA) is 107 Å². The highest BCUT2D eigenvalue weighted by molar-refractivity contribution is 9.10. The van der Waals surface area contributed by atoms with Gasteiger partial charge >= 0.3 is 0 Å². The van der Waals surface area contributed by atoms with E-state index in [1.807, 2.05) is 5.43 Å². The number of non-ortho nitro benzene ring substituents is 1. The molecular weight excluding hydrogens is 294 g/mol. The average molecular weight is 304 g/mol. The van der Waals surface area contributed by atoms with Gasteiger partial charge in [-0.3, -0.25) is 20.3 Å². The van der Waals surface area contributed by atoms with Crippen molar-refractivity contribution in [3.05, 3.63) is 32.8 Å². The number of halogens is 1. The number of rotatable bonds is 4. The summed E-state index contributed by atoms with van der Waals surface area (Å²) in [5.74, 6) is 4.62. The van der Waals surface area contributed by atoms with E-state index in [0.29, 0.717) is 4.47 Å². The number of nitrogens with one attached hydrogen (secondary N) is 1. The zero-order valence-electron chi connectivity index (χ0n) is 8.84. The molecule has 0 spiro atoms. The van der Waals surface area contributed by atoms with Gasteiger partial charge in [0.15, 0.2) is 6.10 Å². The van der Waals surface area contributed by atoms with Crippen LogP contribution in [-0.4, -0.2) is 16.9 Å². The third kappa shape index (κ3) is 3.40. The van der Waals surface area contributed by atoms with Gasteiger partial charge in [0.2, 0.25) is 0 Å². The summed E-state index contributed by atoms with van der Waals surface area (Å²) in [6.45, 7) is 1.48. The summed E-state index contributed by atoms with van der Waals surface area (Å²) in [7, 11) is 0. The summed E-state index contributed by atoms with van der Waals surface area (Å²) >= 11 is 3.17. The van der Waals surface area contributed by atoms with Crippen molar-refractivity contribution in [1.82, 2.24) is 5.43 Å². The molecule has 1 aromatic carbocycles. The van der Waals surface area contributed by atoms with Crippen LogP contribution in [0.1, 0.15) is 6.92 Å². The number of carbonyl (C=O) groups excluding carboxylic acids is 1. The van der Waals surface area contributed by atoms with E-state index in [1.54, 1.807) is 0 Å². The predicted molar refractivity (Wildman–Crippen MR) is 63.2 cm³/mol. The van der Waals surface area contributed by atoms with E-state index in [0.717, 1.165) is 0 Å². The van der Waals surface area contributed by atoms with Crippen LogP contribution in [0.25, 0.3) is 0 Å². The number of nitrogens with two attached hydrogens (primary N) is 1. The van der Waals surface area contributed by atoms with Crippen molar-refractivity contribution in [3.63, 3.8) is 0 Å². The summed E-state index contributed by atoms with van der Waals surface area (Å²) in [5, 5.41) is 10.6. The van der Waals surface area contributed by atoms with Gasteiger partial charge in [-0.15, -0.1) is 0 Å². The third-order valence-corrected chi connectivity index (χ3v) is 2.60. The lowest BCUT2D eigenvalue weighted by atomic mass is 10.3. The predicted octanol–water partition coefficient (Wildman–Crippen LogP) is 1.11. The van der Waals surface area contributed by atoms with Gasteiger partial charge in [-0.05, 0) is 28.9 Å². The standard InChI is InChI=1S/C9H10BrN3O4/c1-5(9(14)12-11)17-8-4-6(13(15)16)2-3-7(8)10/h2-5H,11H2,1H3,(H,12,14). The van der Waals surface area contributed by atoms with Crippen molar-refractivity contribution >= 4 is 27.5 Å². The van der Waals surface area contributed by atoms with Crippen LogP contribution < -0.4 is 16.0 Å². The van der Waals surface area contributed by atoms with E-state index in [4.69, 9.17) is 10.6 Å². The van der Waals surface area contributed by atoms with Crippen molar-refractivity contribution in [1.29, 1.82) is 0 Å². The summed E-state index contributed by atoms with van der Waals surface area (Å²) in [5.41, 5.74) is 1.81. The first-order valence-electron chi connectivity index (χ1n) is 4.56. The highest BCUT2D eigenvalue weighted by Crippen LogP contribution is 2.29. The van der Waals surface area contributed by atoms with Crippen LogP contribution in [0, 0.1) is 10.1 Å². The van der Waals surface area contributed by atoms with E-state index in [2.05, 4.69) is 15.9 Å². The zero-order valence-corrected chi connectivity index (χ0v) is 10.4. The molecule has 1 aromatic rings. The SMILES string of the molecule is CC(Oc1cc([N+](=O)[O-])ccc1Br)C(=O)NN. The lowest BCUT2D eigenvalue weighted by molar-refractivity contribution is -0.385. The van der Waals surface area contributed by atoms with Crippen molar-refractivity contribution in [3.8, 4) is 5.75 Å². The van der Waals surface area contributed by atoms with Gasteiger partial charge in [0.25, 0.3) is 11.6 Å². The molecule has 8 heteroatoms. The first-order valence-corrected chi connectivity index (χ1v) is 5.36. The number of hydrazine groups is 1. The Kier molecular flexibility index (Phi) is 4.41. The second-order valence-electron chi connectivity index (χ2n) is 3.14. The highest BCUT2D eigenvalue weighted by Gasteiger charge is 2.17. The monoisotopic (exact) mass is 303 g/mol. The minimum atomic E-state index is -0.849. The van der Waals surface area contributed by atoms with Crippen molar-refractivity contribution in [2.75, 3.05) is 0 Å². The first-order chi connectivity index (χ1) is 7.95. The molecule has 0 radical (unpaired) electrons. The van der Waals surface area contributed by atoms with Gasteiger partial charge in [-0.2, -0.15) is 0 Å². The molecule has 0 aliphatic carbocycles. The van der Waals surface area contributed by atoms with Gasteiger partial charge < -0.3 is 4.74 Å². The smallest absolute Gasteiger partial charge is 0.274 e. The third-order valence-electron chi connectivity index (χ3n) is 1.94. The van der Waals surface area contributed by atoms with E-state index in [-0.39, 0.29) is 11.4 Å². The van der Waals surface area contributed by atoms with Crippen LogP contribution in [-0.2, 0) is 4.79 Å². The lowest BCUT2D eigenvalue weighted by Crippen LogP contribution is -2.40. The molecule has 0 saturated carbocycles. The van der Waals surface area contributed by atoms with Gasteiger partial charge in [0.1, 0.15) is 5.75 Å². The molecule has 7 nitrogen and oxygen atoms in total. The molecule has 1 unspecified atom stereocenters. The quantitative estimate of drug-likeness (QED) is 0.375. The molecule has 92 valence electrons. The molecule has 0 bridgehead atoms. The number of hydrogen-bond donors (Lipinski definition) is 2. The Morgan fingerprint density at radius 1 is 1.65 bits per heavy atom. The van der Waals surface area contributed by atoms with Gasteiger partial charge in [0.05, 0.1) is 15.5 Å². The summed E-state index contributed by atoms with van der Waals surface area (Å²) in [6, 6.07) is 4.02. The van der Waals surface area contributed by atoms with Crippen LogP contribution in [0.4, 0.5) is 5.69 Å². The molecule has 0 saturated heterocycles. The normalized spacial score (nSPS) is 11.7. The van der Waals surface area contributed by atoms with Crippen LogP contribution in [0.3, 0.4) is 0 Å². The second-order valence-corrected chi connectivity index (χ2v) is 3.99. The maximum Gasteiger partial charge on any atom is 0.274 e. The molecule has 0 heterocycles. The molecule has 1 rings (SSSR count). The largest absolute Gasteiger partial charge is 0.479 e. The van der Waals surface area contributed by atoms with Gasteiger partial charge in [-0.1, -0.05) is 0 Å². The van der Waals surface area contributed by atoms with E-state index < -0.39 is 16.9 Å². The fraction of sp³-hybridized carbons (Fsp3) is 0.222. The second kappa shape index (κ2) is 5.60. The fourth-order valence-corrected chi connectivity index (χ4v) is 1.40. The van der Waals surface area contributed by atoms with Crippen LogP contribution in [0.15, 0.2) is 22.7 Å². The Hall–Kier alpha value is -1.67. The Bertz CT molecular complexity index is 452. The minimum Gasteiger partial charge on any atom is -0.479 e. The highest BCUT2D eigenvalue weighted by atomic mass is 79.9. The number of benzene rings is 1. The number of carbonyl (C=O) groups is 1. The van der Waals surface area contributed by atoms with Crippen molar-refractivity contribution in [2.45, 2.75) is 13.0 Å². The molecule has 0 aromatic heterocycles. The summed E-state index contributed by atoms with van der Waals surface area (Å²) in [4.78, 5) is 21.2. The molecular formula is C9H10BrN3O4. The Morgan fingerprint density at radius 3 is 2.82 bits per heavy atom. The Balaban J connectivity index is 2.93. The van der Waals surface area contributed by atoms with Crippen LogP contribution >= 0.6 is 15.9 Å². The summed E-state index contributed by atoms with van der Waals surface area (Å²) in [6.07, 6.45) is -0.849. The molecule has 17 heavy (non-hydrogen) atoms. The number of hydrogen-bond acceptors (Lipinski definition) is 5. The van der Waals surface area contributed by atoms with Crippen LogP contribution in [0.5, 0.6) is 5.75 Å². The summed E-state index contributed by atoms with van der Waals surface area (Å²) < 4.78 is 5.76. The number of nitro benzene ring substituents is 1. The maximum atomic E-state index is 11.1. The first kappa shape index (κ1) is 13.4.